The van der Waals surface area contributed by atoms with Gasteiger partial charge in [-0.05, 0) is 31.7 Å². The number of aromatic nitrogens is 2. The van der Waals surface area contributed by atoms with Gasteiger partial charge in [0.2, 0.25) is 0 Å². The molecular weight excluding hydrogens is 248 g/mol. The molecule has 1 aromatic carbocycles. The Hall–Kier alpha value is -1.65. The Morgan fingerprint density at radius 2 is 2.10 bits per heavy atom. The highest BCUT2D eigenvalue weighted by Crippen LogP contribution is 2.10. The Kier molecular flexibility index (Phi) is 5.77. The first-order chi connectivity index (χ1) is 9.83. The number of hydrogen-bond acceptors (Lipinski definition) is 3. The van der Waals surface area contributed by atoms with Gasteiger partial charge >= 0.3 is 0 Å². The van der Waals surface area contributed by atoms with Crippen molar-refractivity contribution in [3.63, 3.8) is 0 Å². The van der Waals surface area contributed by atoms with Crippen LogP contribution in [0.3, 0.4) is 0 Å². The van der Waals surface area contributed by atoms with Gasteiger partial charge in [0.15, 0.2) is 0 Å². The normalized spacial score (nSPS) is 12.5. The maximum atomic E-state index is 5.67. The minimum absolute atomic E-state index is 0.284. The lowest BCUT2D eigenvalue weighted by Gasteiger charge is -2.16. The summed E-state index contributed by atoms with van der Waals surface area (Å²) >= 11 is 0. The van der Waals surface area contributed by atoms with Crippen molar-refractivity contribution in [2.75, 3.05) is 0 Å². The predicted molar refractivity (Wildman–Crippen MR) is 82.1 cm³/mol. The molecule has 1 heterocycles. The molecule has 2 aromatic rings. The fourth-order valence-electron chi connectivity index (χ4n) is 2.48. The molecule has 0 spiro atoms. The third kappa shape index (κ3) is 4.18. The van der Waals surface area contributed by atoms with Gasteiger partial charge in [-0.15, -0.1) is 0 Å². The molecule has 4 nitrogen and oxygen atoms in total. The average molecular weight is 272 g/mol. The van der Waals surface area contributed by atoms with Gasteiger partial charge in [0.05, 0.1) is 0 Å². The summed E-state index contributed by atoms with van der Waals surface area (Å²) in [4.78, 5) is 4.41. The number of aryl methyl sites for hydroxylation is 2. The van der Waals surface area contributed by atoms with Gasteiger partial charge in [-0.1, -0.05) is 30.3 Å². The van der Waals surface area contributed by atoms with Gasteiger partial charge in [-0.25, -0.2) is 4.98 Å². The maximum Gasteiger partial charge on any atom is 0.110 e. The molecule has 0 bridgehead atoms. The first-order valence-corrected chi connectivity index (χ1v) is 7.33. The number of hydrogen-bond donors (Lipinski definition) is 2. The molecule has 0 aliphatic heterocycles. The Labute approximate surface area is 121 Å². The predicted octanol–water partition coefficient (Wildman–Crippen LogP) is 2.30. The molecule has 1 atom stereocenters. The molecule has 0 saturated carbocycles. The molecule has 2 rings (SSSR count). The molecule has 0 saturated heterocycles. The summed E-state index contributed by atoms with van der Waals surface area (Å²) in [6.07, 6.45) is 8.05. The Balaban J connectivity index is 1.81. The van der Waals surface area contributed by atoms with Crippen LogP contribution in [0.1, 0.15) is 31.2 Å². The lowest BCUT2D eigenvalue weighted by Crippen LogP contribution is -2.37. The van der Waals surface area contributed by atoms with E-state index in [0.29, 0.717) is 0 Å². The van der Waals surface area contributed by atoms with Crippen LogP contribution in [-0.2, 0) is 19.4 Å². The summed E-state index contributed by atoms with van der Waals surface area (Å²) < 4.78 is 2.17. The van der Waals surface area contributed by atoms with Crippen LogP contribution >= 0.6 is 0 Å². The summed E-state index contributed by atoms with van der Waals surface area (Å²) in [5.41, 5.74) is 4.31. The van der Waals surface area contributed by atoms with Crippen LogP contribution in [0.5, 0.6) is 0 Å². The van der Waals surface area contributed by atoms with Crippen molar-refractivity contribution in [2.24, 2.45) is 5.84 Å². The second kappa shape index (κ2) is 7.82. The number of rotatable bonds is 8. The standard InChI is InChI=1S/C16H24N4/c1-2-20-12-11-18-16(20)13-15(19-17)10-6-9-14-7-4-3-5-8-14/h3-5,7-8,11-12,15,19H,2,6,9-10,13,17H2,1H3. The zero-order valence-electron chi connectivity index (χ0n) is 12.1. The summed E-state index contributed by atoms with van der Waals surface area (Å²) in [5.74, 6) is 6.78. The van der Waals surface area contributed by atoms with Crippen LogP contribution in [0.2, 0.25) is 0 Å². The van der Waals surface area contributed by atoms with E-state index in [1.807, 2.05) is 12.4 Å². The summed E-state index contributed by atoms with van der Waals surface area (Å²) in [6, 6.07) is 10.9. The summed E-state index contributed by atoms with van der Waals surface area (Å²) in [5, 5.41) is 0. The number of nitrogens with zero attached hydrogens (tertiary/aromatic N) is 2. The maximum absolute atomic E-state index is 5.67. The number of nitrogens with two attached hydrogens (primary N) is 1. The van der Waals surface area contributed by atoms with Crippen LogP contribution in [-0.4, -0.2) is 15.6 Å². The fourth-order valence-corrected chi connectivity index (χ4v) is 2.48. The van der Waals surface area contributed by atoms with Crippen molar-refractivity contribution in [1.29, 1.82) is 0 Å². The van der Waals surface area contributed by atoms with Crippen LogP contribution in [0.25, 0.3) is 0 Å². The van der Waals surface area contributed by atoms with Gasteiger partial charge in [-0.3, -0.25) is 11.3 Å². The lowest BCUT2D eigenvalue weighted by molar-refractivity contribution is 0.460. The molecule has 0 fully saturated rings. The zero-order chi connectivity index (χ0) is 14.2. The summed E-state index contributed by atoms with van der Waals surface area (Å²) in [7, 11) is 0. The van der Waals surface area contributed by atoms with Crippen molar-refractivity contribution in [2.45, 2.75) is 45.2 Å². The van der Waals surface area contributed by atoms with Crippen molar-refractivity contribution in [1.82, 2.24) is 15.0 Å². The van der Waals surface area contributed by atoms with E-state index in [4.69, 9.17) is 5.84 Å². The molecule has 0 radical (unpaired) electrons. The zero-order valence-corrected chi connectivity index (χ0v) is 12.1. The smallest absolute Gasteiger partial charge is 0.110 e. The van der Waals surface area contributed by atoms with Crippen LogP contribution < -0.4 is 11.3 Å². The van der Waals surface area contributed by atoms with Crippen LogP contribution in [0, 0.1) is 0 Å². The van der Waals surface area contributed by atoms with Crippen molar-refractivity contribution >= 4 is 0 Å². The molecule has 4 heteroatoms. The number of nitrogens with one attached hydrogen (secondary N) is 1. The number of imidazole rings is 1. The van der Waals surface area contributed by atoms with Crippen molar-refractivity contribution in [3.05, 3.63) is 54.1 Å². The largest absolute Gasteiger partial charge is 0.335 e. The molecule has 108 valence electrons. The molecule has 0 aliphatic carbocycles. The Morgan fingerprint density at radius 1 is 1.30 bits per heavy atom. The monoisotopic (exact) mass is 272 g/mol. The molecule has 1 unspecified atom stereocenters. The van der Waals surface area contributed by atoms with Gasteiger partial charge in [-0.2, -0.15) is 0 Å². The minimum atomic E-state index is 0.284. The first-order valence-electron chi connectivity index (χ1n) is 7.33. The highest BCUT2D eigenvalue weighted by molar-refractivity contribution is 5.14. The second-order valence-corrected chi connectivity index (χ2v) is 5.08. The third-order valence-corrected chi connectivity index (χ3v) is 3.67. The highest BCUT2D eigenvalue weighted by atomic mass is 15.2. The topological polar surface area (TPSA) is 55.9 Å². The Morgan fingerprint density at radius 3 is 2.80 bits per heavy atom. The fraction of sp³-hybridized carbons (Fsp3) is 0.438. The molecule has 3 N–H and O–H groups in total. The number of benzene rings is 1. The van der Waals surface area contributed by atoms with E-state index in [9.17, 15) is 0 Å². The molecule has 1 aromatic heterocycles. The first kappa shape index (κ1) is 14.8. The Bertz CT molecular complexity index is 492. The van der Waals surface area contributed by atoms with Gasteiger partial charge < -0.3 is 4.57 Å². The van der Waals surface area contributed by atoms with Gasteiger partial charge in [0, 0.05) is 31.4 Å². The molecular formula is C16H24N4. The van der Waals surface area contributed by atoms with E-state index >= 15 is 0 Å². The summed E-state index contributed by atoms with van der Waals surface area (Å²) in [6.45, 7) is 3.09. The van der Waals surface area contributed by atoms with Crippen LogP contribution in [0.4, 0.5) is 0 Å². The van der Waals surface area contributed by atoms with E-state index < -0.39 is 0 Å². The minimum Gasteiger partial charge on any atom is -0.335 e. The SMILES string of the molecule is CCn1ccnc1CC(CCCc1ccccc1)NN. The molecule has 0 aliphatic rings. The van der Waals surface area contributed by atoms with E-state index in [-0.39, 0.29) is 6.04 Å². The van der Waals surface area contributed by atoms with E-state index in [2.05, 4.69) is 52.2 Å². The average Bonchev–Trinajstić information content (AvgIpc) is 2.94. The quantitative estimate of drug-likeness (QED) is 0.572. The van der Waals surface area contributed by atoms with E-state index in [0.717, 1.165) is 38.1 Å². The molecule has 20 heavy (non-hydrogen) atoms. The highest BCUT2D eigenvalue weighted by Gasteiger charge is 2.11. The van der Waals surface area contributed by atoms with Crippen LogP contribution in [0.15, 0.2) is 42.7 Å². The van der Waals surface area contributed by atoms with E-state index in [1.165, 1.54) is 5.56 Å². The van der Waals surface area contributed by atoms with E-state index in [1.54, 1.807) is 0 Å². The lowest BCUT2D eigenvalue weighted by atomic mass is 10.0. The second-order valence-electron chi connectivity index (χ2n) is 5.08. The van der Waals surface area contributed by atoms with Crippen molar-refractivity contribution in [3.8, 4) is 0 Å². The van der Waals surface area contributed by atoms with Crippen molar-refractivity contribution < 1.29 is 0 Å². The molecule has 0 amide bonds. The van der Waals surface area contributed by atoms with Gasteiger partial charge in [0.25, 0.3) is 0 Å². The number of hydrazine groups is 1. The third-order valence-electron chi connectivity index (χ3n) is 3.67. The van der Waals surface area contributed by atoms with Gasteiger partial charge in [0.1, 0.15) is 5.82 Å².